The van der Waals surface area contributed by atoms with Gasteiger partial charge in [0, 0.05) is 26.2 Å². The lowest BCUT2D eigenvalue weighted by Gasteiger charge is -2.21. The number of hydrogen-bond acceptors (Lipinski definition) is 3. The van der Waals surface area contributed by atoms with Gasteiger partial charge in [0.2, 0.25) is 15.9 Å². The van der Waals surface area contributed by atoms with Crippen molar-refractivity contribution in [2.45, 2.75) is 56.3 Å². The molecule has 5 nitrogen and oxygen atoms in total. The average Bonchev–Trinajstić information content (AvgIpc) is 2.56. The van der Waals surface area contributed by atoms with E-state index in [1.807, 2.05) is 0 Å². The fraction of sp³-hybridized carbons (Fsp3) is 0.611. The average molecular weight is 353 g/mol. The highest BCUT2D eigenvalue weighted by molar-refractivity contribution is 7.89. The standard InChI is InChI=1S/C18H28N2O3S/c1-20(2)24(22,23)17-13-11-16(12-14-17)19-18(21)10-6-9-15-7-4-3-5-8-15/h11-15H,3-10H2,1-2H3,(H,19,21). The Morgan fingerprint density at radius 2 is 1.75 bits per heavy atom. The van der Waals surface area contributed by atoms with Crippen molar-refractivity contribution in [1.29, 1.82) is 0 Å². The largest absolute Gasteiger partial charge is 0.326 e. The van der Waals surface area contributed by atoms with Crippen molar-refractivity contribution in [1.82, 2.24) is 4.31 Å². The molecule has 1 fully saturated rings. The molecule has 0 radical (unpaired) electrons. The SMILES string of the molecule is CN(C)S(=O)(=O)c1ccc(NC(=O)CCCC2CCCCC2)cc1. The summed E-state index contributed by atoms with van der Waals surface area (Å²) in [6, 6.07) is 6.31. The highest BCUT2D eigenvalue weighted by atomic mass is 32.2. The molecule has 6 heteroatoms. The van der Waals surface area contributed by atoms with E-state index in [9.17, 15) is 13.2 Å². The van der Waals surface area contributed by atoms with Crippen LogP contribution in [0.5, 0.6) is 0 Å². The van der Waals surface area contributed by atoms with Gasteiger partial charge in [0.15, 0.2) is 0 Å². The van der Waals surface area contributed by atoms with Crippen LogP contribution in [-0.4, -0.2) is 32.7 Å². The molecule has 0 aliphatic heterocycles. The molecule has 1 N–H and O–H groups in total. The summed E-state index contributed by atoms with van der Waals surface area (Å²) >= 11 is 0. The Labute approximate surface area is 145 Å². The number of hydrogen-bond donors (Lipinski definition) is 1. The predicted molar refractivity (Wildman–Crippen MR) is 96.4 cm³/mol. The maximum atomic E-state index is 12.0. The van der Waals surface area contributed by atoms with Crippen molar-refractivity contribution < 1.29 is 13.2 Å². The van der Waals surface area contributed by atoms with Crippen LogP contribution in [0.25, 0.3) is 0 Å². The molecule has 1 saturated carbocycles. The Morgan fingerprint density at radius 1 is 1.12 bits per heavy atom. The van der Waals surface area contributed by atoms with Crippen molar-refractivity contribution in [3.8, 4) is 0 Å². The zero-order valence-corrected chi connectivity index (χ0v) is 15.4. The molecular formula is C18H28N2O3S. The van der Waals surface area contributed by atoms with E-state index in [0.29, 0.717) is 12.1 Å². The van der Waals surface area contributed by atoms with Crippen LogP contribution in [0.1, 0.15) is 51.4 Å². The highest BCUT2D eigenvalue weighted by Gasteiger charge is 2.17. The van der Waals surface area contributed by atoms with E-state index in [-0.39, 0.29) is 10.8 Å². The first kappa shape index (κ1) is 18.9. The van der Waals surface area contributed by atoms with Crippen LogP contribution in [0.2, 0.25) is 0 Å². The fourth-order valence-corrected chi connectivity index (χ4v) is 4.07. The van der Waals surface area contributed by atoms with Crippen LogP contribution in [-0.2, 0) is 14.8 Å². The molecule has 0 saturated heterocycles. The molecule has 0 aromatic heterocycles. The first-order chi connectivity index (χ1) is 11.4. The molecule has 0 unspecified atom stereocenters. The molecule has 1 aromatic carbocycles. The van der Waals surface area contributed by atoms with E-state index in [4.69, 9.17) is 0 Å². The fourth-order valence-electron chi connectivity index (χ4n) is 3.17. The van der Waals surface area contributed by atoms with E-state index in [2.05, 4.69) is 5.32 Å². The molecule has 1 aliphatic carbocycles. The number of nitrogens with one attached hydrogen (secondary N) is 1. The molecule has 0 spiro atoms. The summed E-state index contributed by atoms with van der Waals surface area (Å²) in [4.78, 5) is 12.2. The van der Waals surface area contributed by atoms with Gasteiger partial charge in [-0.05, 0) is 43.0 Å². The summed E-state index contributed by atoms with van der Waals surface area (Å²) in [6.07, 6.45) is 9.22. The molecule has 1 aliphatic rings. The lowest BCUT2D eigenvalue weighted by molar-refractivity contribution is -0.116. The van der Waals surface area contributed by atoms with E-state index in [1.54, 1.807) is 12.1 Å². The van der Waals surface area contributed by atoms with Gasteiger partial charge in [-0.1, -0.05) is 32.1 Å². The number of sulfonamides is 1. The first-order valence-corrected chi connectivity index (χ1v) is 10.2. The van der Waals surface area contributed by atoms with Crippen LogP contribution in [0, 0.1) is 5.92 Å². The number of anilines is 1. The summed E-state index contributed by atoms with van der Waals surface area (Å²) < 4.78 is 25.2. The molecule has 134 valence electrons. The Hall–Kier alpha value is -1.40. The van der Waals surface area contributed by atoms with E-state index in [0.717, 1.165) is 18.8 Å². The smallest absolute Gasteiger partial charge is 0.242 e. The van der Waals surface area contributed by atoms with Crippen LogP contribution >= 0.6 is 0 Å². The van der Waals surface area contributed by atoms with Gasteiger partial charge in [0.05, 0.1) is 4.90 Å². The number of carbonyl (C=O) groups is 1. The molecule has 0 atom stereocenters. The second-order valence-corrected chi connectivity index (χ2v) is 8.91. The quantitative estimate of drug-likeness (QED) is 0.815. The maximum Gasteiger partial charge on any atom is 0.242 e. The van der Waals surface area contributed by atoms with E-state index < -0.39 is 10.0 Å². The number of nitrogens with zero attached hydrogens (tertiary/aromatic N) is 1. The van der Waals surface area contributed by atoms with Crippen molar-refractivity contribution in [3.63, 3.8) is 0 Å². The highest BCUT2D eigenvalue weighted by Crippen LogP contribution is 2.27. The Balaban J connectivity index is 1.79. The Morgan fingerprint density at radius 3 is 2.33 bits per heavy atom. The molecule has 1 aromatic rings. The van der Waals surface area contributed by atoms with Crippen molar-refractivity contribution in [3.05, 3.63) is 24.3 Å². The number of rotatable bonds is 7. The third-order valence-electron chi connectivity index (χ3n) is 4.66. The van der Waals surface area contributed by atoms with Crippen molar-refractivity contribution in [2.75, 3.05) is 19.4 Å². The van der Waals surface area contributed by atoms with Gasteiger partial charge in [-0.3, -0.25) is 4.79 Å². The Bertz CT molecular complexity index is 633. The minimum absolute atomic E-state index is 0.00553. The molecule has 0 bridgehead atoms. The minimum Gasteiger partial charge on any atom is -0.326 e. The molecule has 0 heterocycles. The summed E-state index contributed by atoms with van der Waals surface area (Å²) in [5.41, 5.74) is 0.635. The first-order valence-electron chi connectivity index (χ1n) is 8.72. The predicted octanol–water partition coefficient (Wildman–Crippen LogP) is 3.63. The minimum atomic E-state index is -3.43. The lowest BCUT2D eigenvalue weighted by atomic mass is 9.86. The summed E-state index contributed by atoms with van der Waals surface area (Å²) in [7, 11) is -0.433. The lowest BCUT2D eigenvalue weighted by Crippen LogP contribution is -2.22. The second-order valence-electron chi connectivity index (χ2n) is 6.76. The number of benzene rings is 1. The van der Waals surface area contributed by atoms with Crippen LogP contribution in [0.3, 0.4) is 0 Å². The molecule has 1 amide bonds. The van der Waals surface area contributed by atoms with E-state index >= 15 is 0 Å². The zero-order chi connectivity index (χ0) is 17.6. The summed E-state index contributed by atoms with van der Waals surface area (Å²) in [5, 5.41) is 2.84. The maximum absolute atomic E-state index is 12.0. The van der Waals surface area contributed by atoms with E-state index in [1.165, 1.54) is 62.6 Å². The number of carbonyl (C=O) groups excluding carboxylic acids is 1. The summed E-state index contributed by atoms with van der Waals surface area (Å²) in [6.45, 7) is 0. The van der Waals surface area contributed by atoms with Gasteiger partial charge < -0.3 is 5.32 Å². The van der Waals surface area contributed by atoms with Gasteiger partial charge in [-0.25, -0.2) is 12.7 Å². The molecule has 24 heavy (non-hydrogen) atoms. The zero-order valence-electron chi connectivity index (χ0n) is 14.6. The van der Waals surface area contributed by atoms with Gasteiger partial charge >= 0.3 is 0 Å². The monoisotopic (exact) mass is 352 g/mol. The van der Waals surface area contributed by atoms with Gasteiger partial charge in [0.25, 0.3) is 0 Å². The van der Waals surface area contributed by atoms with Gasteiger partial charge in [-0.15, -0.1) is 0 Å². The third kappa shape index (κ3) is 5.31. The molecule has 2 rings (SSSR count). The topological polar surface area (TPSA) is 66.5 Å². The van der Waals surface area contributed by atoms with Gasteiger partial charge in [-0.2, -0.15) is 0 Å². The van der Waals surface area contributed by atoms with Crippen LogP contribution in [0.15, 0.2) is 29.2 Å². The second kappa shape index (κ2) is 8.62. The summed E-state index contributed by atoms with van der Waals surface area (Å²) in [5.74, 6) is 0.788. The normalized spacial score (nSPS) is 16.3. The van der Waals surface area contributed by atoms with Crippen molar-refractivity contribution in [2.24, 2.45) is 5.92 Å². The third-order valence-corrected chi connectivity index (χ3v) is 6.49. The Kier molecular flexibility index (Phi) is 6.80. The van der Waals surface area contributed by atoms with Crippen LogP contribution in [0.4, 0.5) is 5.69 Å². The van der Waals surface area contributed by atoms with Crippen LogP contribution < -0.4 is 5.32 Å². The van der Waals surface area contributed by atoms with Crippen molar-refractivity contribution >= 4 is 21.6 Å². The number of amides is 1. The van der Waals surface area contributed by atoms with Gasteiger partial charge in [0.1, 0.15) is 0 Å². The molecular weight excluding hydrogens is 324 g/mol.